The van der Waals surface area contributed by atoms with Crippen LogP contribution in [0.1, 0.15) is 66.7 Å². The van der Waals surface area contributed by atoms with E-state index in [4.69, 9.17) is 0 Å². The van der Waals surface area contributed by atoms with Gasteiger partial charge in [-0.15, -0.1) is 6.58 Å². The summed E-state index contributed by atoms with van der Waals surface area (Å²) in [6.45, 7) is 14.3. The molecule has 0 aromatic carbocycles. The molecule has 0 aromatic rings. The van der Waals surface area contributed by atoms with Crippen molar-refractivity contribution in [2.75, 3.05) is 0 Å². The van der Waals surface area contributed by atoms with Crippen molar-refractivity contribution in [1.82, 2.24) is 0 Å². The number of ketones is 1. The molecule has 0 radical (unpaired) electrons. The molecule has 2 fully saturated rings. The smallest absolute Gasteiger partial charge is 0.137 e. The normalized spacial score (nSPS) is 51.0. The number of carbonyl (C=O) groups is 1. The van der Waals surface area contributed by atoms with E-state index in [1.54, 1.807) is 6.08 Å². The summed E-state index contributed by atoms with van der Waals surface area (Å²) >= 11 is 0. The molecule has 0 bridgehead atoms. The first-order chi connectivity index (χ1) is 10.6. The topological polar surface area (TPSA) is 57.5 Å². The van der Waals surface area contributed by atoms with Crippen LogP contribution in [-0.4, -0.2) is 28.2 Å². The Kier molecular flexibility index (Phi) is 4.87. The Balaban J connectivity index is 2.67. The number of Topliss-reactive ketones (excluding diaryl/α,β-unsaturated/α-hetero) is 1. The van der Waals surface area contributed by atoms with Crippen LogP contribution in [0.2, 0.25) is 0 Å². The molecule has 0 amide bonds. The molecule has 3 nitrogen and oxygen atoms in total. The summed E-state index contributed by atoms with van der Waals surface area (Å²) in [5, 5.41) is 22.2. The summed E-state index contributed by atoms with van der Waals surface area (Å²) in [4.78, 5) is 12.8. The molecule has 0 spiro atoms. The molecule has 0 aromatic heterocycles. The average Bonchev–Trinajstić information content (AvgIpc) is 2.89. The molecule has 0 unspecified atom stereocenters. The molecule has 0 aliphatic heterocycles. The first-order valence-electron chi connectivity index (χ1n) is 9.15. The van der Waals surface area contributed by atoms with Crippen molar-refractivity contribution >= 4 is 5.78 Å². The fraction of sp³-hybridized carbons (Fsp3) is 0.850. The molecule has 7 atom stereocenters. The Morgan fingerprint density at radius 3 is 2.35 bits per heavy atom. The lowest BCUT2D eigenvalue weighted by molar-refractivity contribution is -0.161. The maximum Gasteiger partial charge on any atom is 0.137 e. The number of rotatable bonds is 3. The zero-order valence-corrected chi connectivity index (χ0v) is 15.4. The van der Waals surface area contributed by atoms with Gasteiger partial charge in [0.15, 0.2) is 0 Å². The van der Waals surface area contributed by atoms with E-state index in [9.17, 15) is 15.0 Å². The lowest BCUT2D eigenvalue weighted by Crippen LogP contribution is -2.57. The minimum absolute atomic E-state index is 0.00493. The zero-order valence-electron chi connectivity index (χ0n) is 15.4. The van der Waals surface area contributed by atoms with Gasteiger partial charge < -0.3 is 10.2 Å². The second-order valence-electron chi connectivity index (χ2n) is 8.51. The van der Waals surface area contributed by atoms with Crippen molar-refractivity contribution in [2.45, 2.75) is 78.9 Å². The molecule has 2 rings (SSSR count). The van der Waals surface area contributed by atoms with Gasteiger partial charge in [0.2, 0.25) is 0 Å². The summed E-state index contributed by atoms with van der Waals surface area (Å²) in [5.41, 5.74) is -1.21. The summed E-state index contributed by atoms with van der Waals surface area (Å²) in [6.07, 6.45) is 4.06. The minimum atomic E-state index is -0.615. The first kappa shape index (κ1) is 18.7. The Morgan fingerprint density at radius 1 is 1.26 bits per heavy atom. The zero-order chi connectivity index (χ0) is 17.6. The van der Waals surface area contributed by atoms with Gasteiger partial charge >= 0.3 is 0 Å². The third-order valence-corrected chi connectivity index (χ3v) is 7.73. The van der Waals surface area contributed by atoms with Crippen LogP contribution in [0.5, 0.6) is 0 Å². The maximum absolute atomic E-state index is 12.8. The quantitative estimate of drug-likeness (QED) is 0.778. The Hall–Kier alpha value is -0.670. The van der Waals surface area contributed by atoms with Crippen molar-refractivity contribution in [3.8, 4) is 0 Å². The van der Waals surface area contributed by atoms with Gasteiger partial charge in [-0.25, -0.2) is 0 Å². The van der Waals surface area contributed by atoms with Crippen molar-refractivity contribution < 1.29 is 15.0 Å². The number of fused-ring (bicyclic) bond motifs is 1. The Bertz CT molecular complexity index is 487. The van der Waals surface area contributed by atoms with Crippen molar-refractivity contribution in [3.63, 3.8) is 0 Å². The van der Waals surface area contributed by atoms with E-state index < -0.39 is 23.0 Å². The van der Waals surface area contributed by atoms with Crippen LogP contribution < -0.4 is 0 Å². The van der Waals surface area contributed by atoms with Gasteiger partial charge in [-0.05, 0) is 37.0 Å². The highest BCUT2D eigenvalue weighted by molar-refractivity contribution is 5.85. The second kappa shape index (κ2) is 6.00. The second-order valence-corrected chi connectivity index (χ2v) is 8.51. The van der Waals surface area contributed by atoms with E-state index in [-0.39, 0.29) is 23.0 Å². The van der Waals surface area contributed by atoms with Crippen LogP contribution in [0.3, 0.4) is 0 Å². The van der Waals surface area contributed by atoms with Crippen LogP contribution >= 0.6 is 0 Å². The van der Waals surface area contributed by atoms with Gasteiger partial charge in [-0.1, -0.05) is 40.7 Å². The highest BCUT2D eigenvalue weighted by Crippen LogP contribution is 2.62. The third-order valence-electron chi connectivity index (χ3n) is 7.73. The lowest BCUT2D eigenvalue weighted by Gasteiger charge is -2.56. The number of hydrogen-bond acceptors (Lipinski definition) is 3. The summed E-state index contributed by atoms with van der Waals surface area (Å²) in [7, 11) is 0. The molecular weight excluding hydrogens is 288 g/mol. The van der Waals surface area contributed by atoms with Crippen LogP contribution in [0.15, 0.2) is 12.7 Å². The van der Waals surface area contributed by atoms with Crippen LogP contribution in [0.25, 0.3) is 0 Å². The van der Waals surface area contributed by atoms with Gasteiger partial charge in [0, 0.05) is 23.2 Å². The highest BCUT2D eigenvalue weighted by atomic mass is 16.3. The van der Waals surface area contributed by atoms with E-state index >= 15 is 0 Å². The van der Waals surface area contributed by atoms with E-state index in [0.717, 1.165) is 19.3 Å². The lowest BCUT2D eigenvalue weighted by atomic mass is 9.49. The largest absolute Gasteiger partial charge is 0.393 e. The van der Waals surface area contributed by atoms with E-state index in [0.29, 0.717) is 12.8 Å². The molecule has 2 aliphatic carbocycles. The van der Waals surface area contributed by atoms with E-state index in [2.05, 4.69) is 34.3 Å². The number of aliphatic hydroxyl groups is 2. The van der Waals surface area contributed by atoms with Crippen LogP contribution in [0, 0.1) is 28.1 Å². The van der Waals surface area contributed by atoms with Crippen molar-refractivity contribution in [3.05, 3.63) is 12.7 Å². The van der Waals surface area contributed by atoms with Crippen molar-refractivity contribution in [2.24, 2.45) is 28.1 Å². The standard InChI is InChI=1S/C20H34O3/c1-7-18(5)12-15(22)19(6,8-2)16-14(21)10-11-20(16,9-3)13(4)17(18)23/h7,13,15-17,22-23H,1,8-12H2,2-6H3/t13-,15+,16-,17-,18+,19-,20-/m0/s1. The summed E-state index contributed by atoms with van der Waals surface area (Å²) in [6, 6.07) is 0. The number of aliphatic hydroxyl groups excluding tert-OH is 2. The van der Waals surface area contributed by atoms with Gasteiger partial charge in [-0.3, -0.25) is 4.79 Å². The number of hydrogen-bond donors (Lipinski definition) is 2. The van der Waals surface area contributed by atoms with Crippen LogP contribution in [-0.2, 0) is 4.79 Å². The van der Waals surface area contributed by atoms with Gasteiger partial charge in [0.1, 0.15) is 5.78 Å². The van der Waals surface area contributed by atoms with E-state index in [1.807, 2.05) is 6.92 Å². The molecule has 23 heavy (non-hydrogen) atoms. The molecule has 2 aliphatic rings. The highest BCUT2D eigenvalue weighted by Gasteiger charge is 2.62. The molecule has 0 saturated heterocycles. The van der Waals surface area contributed by atoms with Gasteiger partial charge in [0.05, 0.1) is 12.2 Å². The monoisotopic (exact) mass is 322 g/mol. The predicted octanol–water partition coefficient (Wildman–Crippen LogP) is 3.73. The Morgan fingerprint density at radius 2 is 1.87 bits per heavy atom. The molecule has 0 heterocycles. The third kappa shape index (κ3) is 2.42. The van der Waals surface area contributed by atoms with Crippen LogP contribution in [0.4, 0.5) is 0 Å². The molecule has 3 heteroatoms. The van der Waals surface area contributed by atoms with Gasteiger partial charge in [0.25, 0.3) is 0 Å². The maximum atomic E-state index is 12.8. The Labute approximate surface area is 141 Å². The molecule has 2 N–H and O–H groups in total. The average molecular weight is 322 g/mol. The fourth-order valence-electron chi connectivity index (χ4n) is 5.68. The first-order valence-corrected chi connectivity index (χ1v) is 9.15. The SMILES string of the molecule is C=C[C@]1(C)C[C@@H](O)[C@](C)(CC)[C@@H]2C(=O)CC[C@@]2(CC)[C@@H](C)[C@@H]1O. The molecule has 132 valence electrons. The molecule has 2 saturated carbocycles. The molecular formula is C20H34O3. The van der Waals surface area contributed by atoms with E-state index in [1.165, 1.54) is 0 Å². The predicted molar refractivity (Wildman–Crippen MR) is 93.0 cm³/mol. The van der Waals surface area contributed by atoms with Gasteiger partial charge in [-0.2, -0.15) is 0 Å². The summed E-state index contributed by atoms with van der Waals surface area (Å²) in [5.74, 6) is 0.112. The minimum Gasteiger partial charge on any atom is -0.393 e. The number of carbonyl (C=O) groups excluding carboxylic acids is 1. The summed E-state index contributed by atoms with van der Waals surface area (Å²) < 4.78 is 0. The fourth-order valence-corrected chi connectivity index (χ4v) is 5.68. The van der Waals surface area contributed by atoms with Crippen molar-refractivity contribution in [1.29, 1.82) is 0 Å².